The lowest BCUT2D eigenvalue weighted by molar-refractivity contribution is -0.177. The zero-order chi connectivity index (χ0) is 20.9. The Morgan fingerprint density at radius 3 is 2.41 bits per heavy atom. The lowest BCUT2D eigenvalue weighted by Crippen LogP contribution is -2.56. The molecule has 1 aromatic carbocycles. The number of carbonyl (C=O) groups excluding carboxylic acids is 2. The van der Waals surface area contributed by atoms with Gasteiger partial charge in [0.25, 0.3) is 5.91 Å². The average molecular weight is 411 g/mol. The Bertz CT molecular complexity index is 808. The Hall–Kier alpha value is -2.09. The summed E-state index contributed by atoms with van der Waals surface area (Å²) in [6.45, 7) is -0.641. The van der Waals surface area contributed by atoms with Crippen LogP contribution in [0.15, 0.2) is 24.3 Å². The quantitative estimate of drug-likeness (QED) is 0.721. The number of hydrogen-bond donors (Lipinski definition) is 2. The first-order valence-electron chi connectivity index (χ1n) is 9.90. The number of benzene rings is 1. The van der Waals surface area contributed by atoms with E-state index in [-0.39, 0.29) is 17.5 Å². The van der Waals surface area contributed by atoms with Crippen LogP contribution < -0.4 is 5.32 Å². The molecule has 0 aromatic heterocycles. The highest BCUT2D eigenvalue weighted by Gasteiger charge is 2.57. The van der Waals surface area contributed by atoms with Crippen molar-refractivity contribution in [1.29, 1.82) is 0 Å². The summed E-state index contributed by atoms with van der Waals surface area (Å²) in [4.78, 5) is 24.4. The number of nitrogens with one attached hydrogen (secondary N) is 1. The SMILES string of the molecule is O=C(COC(=O)CC12C[C@@H]3C[C@@H](CC(O)(C3)C1)C2)Nc1ccccc1C(F)(F)F. The van der Waals surface area contributed by atoms with E-state index in [0.29, 0.717) is 18.3 Å². The highest BCUT2D eigenvalue weighted by molar-refractivity contribution is 5.93. The Kier molecular flexibility index (Phi) is 4.88. The van der Waals surface area contributed by atoms with Gasteiger partial charge >= 0.3 is 12.1 Å². The largest absolute Gasteiger partial charge is 0.456 e. The molecule has 4 saturated carbocycles. The molecule has 0 saturated heterocycles. The molecule has 2 unspecified atom stereocenters. The molecule has 4 aliphatic rings. The summed E-state index contributed by atoms with van der Waals surface area (Å²) in [6.07, 6.45) is 0.558. The van der Waals surface area contributed by atoms with E-state index >= 15 is 0 Å². The summed E-state index contributed by atoms with van der Waals surface area (Å²) in [5.41, 5.74) is -2.30. The third-order valence-electron chi connectivity index (χ3n) is 6.54. The second-order valence-electron chi connectivity index (χ2n) is 9.11. The number of alkyl halides is 3. The minimum atomic E-state index is -4.60. The lowest BCUT2D eigenvalue weighted by atomic mass is 9.47. The summed E-state index contributed by atoms with van der Waals surface area (Å²) in [7, 11) is 0. The van der Waals surface area contributed by atoms with Gasteiger partial charge in [0.1, 0.15) is 0 Å². The van der Waals surface area contributed by atoms with Crippen LogP contribution in [0.2, 0.25) is 0 Å². The van der Waals surface area contributed by atoms with E-state index in [1.54, 1.807) is 0 Å². The Labute approximate surface area is 166 Å². The van der Waals surface area contributed by atoms with Gasteiger partial charge in [-0.25, -0.2) is 0 Å². The standard InChI is InChI=1S/C21H24F3NO4/c22-21(23,24)15-3-1-2-4-16(15)25-17(26)11-29-18(27)10-19-6-13-5-14(7-19)9-20(28,8-13)12-19/h1-4,13-14,28H,5-12H2,(H,25,26)/t13-,14+,19?,20?. The molecular weight excluding hydrogens is 387 g/mol. The number of rotatable bonds is 5. The fourth-order valence-electron chi connectivity index (χ4n) is 6.14. The van der Waals surface area contributed by atoms with Crippen LogP contribution in [0, 0.1) is 17.3 Å². The number of hydrogen-bond acceptors (Lipinski definition) is 4. The third kappa shape index (κ3) is 4.27. The maximum Gasteiger partial charge on any atom is 0.418 e. The number of esters is 1. The molecule has 4 atom stereocenters. The van der Waals surface area contributed by atoms with E-state index in [2.05, 4.69) is 5.32 Å². The zero-order valence-corrected chi connectivity index (χ0v) is 15.9. The molecule has 4 fully saturated rings. The monoisotopic (exact) mass is 411 g/mol. The number of amides is 1. The summed E-state index contributed by atoms with van der Waals surface area (Å²) in [5.74, 6) is -0.513. The van der Waals surface area contributed by atoms with Gasteiger partial charge in [-0.15, -0.1) is 0 Å². The van der Waals surface area contributed by atoms with Crippen LogP contribution in [0.5, 0.6) is 0 Å². The smallest absolute Gasteiger partial charge is 0.418 e. The normalized spacial score (nSPS) is 32.8. The van der Waals surface area contributed by atoms with E-state index in [0.717, 1.165) is 44.2 Å². The van der Waals surface area contributed by atoms with Crippen molar-refractivity contribution in [3.8, 4) is 0 Å². The van der Waals surface area contributed by atoms with Gasteiger partial charge in [-0.1, -0.05) is 12.1 Å². The molecule has 0 heterocycles. The third-order valence-corrected chi connectivity index (χ3v) is 6.54. The molecule has 4 bridgehead atoms. The van der Waals surface area contributed by atoms with Crippen molar-refractivity contribution in [1.82, 2.24) is 0 Å². The summed E-state index contributed by atoms with van der Waals surface area (Å²) >= 11 is 0. The fourth-order valence-corrected chi connectivity index (χ4v) is 6.14. The molecule has 2 N–H and O–H groups in total. The number of para-hydroxylation sites is 1. The summed E-state index contributed by atoms with van der Waals surface area (Å²) in [6, 6.07) is 4.64. The van der Waals surface area contributed by atoms with Gasteiger partial charge < -0.3 is 15.2 Å². The van der Waals surface area contributed by atoms with Gasteiger partial charge in [0.15, 0.2) is 6.61 Å². The highest BCUT2D eigenvalue weighted by atomic mass is 19.4. The lowest BCUT2D eigenvalue weighted by Gasteiger charge is -2.60. The van der Waals surface area contributed by atoms with Crippen LogP contribution in [0.3, 0.4) is 0 Å². The molecular formula is C21H24F3NO4. The van der Waals surface area contributed by atoms with Crippen LogP contribution in [-0.4, -0.2) is 29.2 Å². The van der Waals surface area contributed by atoms with E-state index < -0.39 is 35.8 Å². The first-order chi connectivity index (χ1) is 13.6. The van der Waals surface area contributed by atoms with E-state index in [1.165, 1.54) is 12.1 Å². The van der Waals surface area contributed by atoms with Crippen molar-refractivity contribution in [2.75, 3.05) is 11.9 Å². The molecule has 1 aromatic rings. The van der Waals surface area contributed by atoms with Gasteiger partial charge in [-0.05, 0) is 67.9 Å². The first kappa shape index (κ1) is 20.2. The maximum absolute atomic E-state index is 13.0. The van der Waals surface area contributed by atoms with Gasteiger partial charge in [0, 0.05) is 0 Å². The van der Waals surface area contributed by atoms with Crippen molar-refractivity contribution in [3.05, 3.63) is 29.8 Å². The number of carbonyl (C=O) groups is 2. The highest BCUT2D eigenvalue weighted by Crippen LogP contribution is 2.62. The average Bonchev–Trinajstić information content (AvgIpc) is 2.57. The summed E-state index contributed by atoms with van der Waals surface area (Å²) in [5, 5.41) is 12.9. The maximum atomic E-state index is 13.0. The molecule has 0 radical (unpaired) electrons. The predicted molar refractivity (Wildman–Crippen MR) is 97.7 cm³/mol. The minimum Gasteiger partial charge on any atom is -0.456 e. The Morgan fingerprint density at radius 1 is 1.14 bits per heavy atom. The van der Waals surface area contributed by atoms with E-state index in [4.69, 9.17) is 4.74 Å². The molecule has 0 aliphatic heterocycles. The molecule has 4 aliphatic carbocycles. The molecule has 158 valence electrons. The van der Waals surface area contributed by atoms with Crippen molar-refractivity contribution < 1.29 is 32.6 Å². The Balaban J connectivity index is 1.32. The topological polar surface area (TPSA) is 75.6 Å². The first-order valence-corrected chi connectivity index (χ1v) is 9.90. The molecule has 5 nitrogen and oxygen atoms in total. The predicted octanol–water partition coefficient (Wildman–Crippen LogP) is 3.91. The number of halogens is 3. The second kappa shape index (κ2) is 7.00. The van der Waals surface area contributed by atoms with Crippen molar-refractivity contribution in [3.63, 3.8) is 0 Å². The van der Waals surface area contributed by atoms with Gasteiger partial charge in [-0.2, -0.15) is 13.2 Å². The zero-order valence-electron chi connectivity index (χ0n) is 15.9. The van der Waals surface area contributed by atoms with Crippen LogP contribution in [0.4, 0.5) is 18.9 Å². The number of anilines is 1. The van der Waals surface area contributed by atoms with Gasteiger partial charge in [0.05, 0.1) is 23.3 Å². The number of ether oxygens (including phenoxy) is 1. The number of aliphatic hydroxyl groups is 1. The van der Waals surface area contributed by atoms with Gasteiger partial charge in [-0.3, -0.25) is 9.59 Å². The van der Waals surface area contributed by atoms with Crippen molar-refractivity contribution >= 4 is 17.6 Å². The fraction of sp³-hybridized carbons (Fsp3) is 0.619. The van der Waals surface area contributed by atoms with Crippen LogP contribution >= 0.6 is 0 Å². The molecule has 0 spiro atoms. The van der Waals surface area contributed by atoms with Crippen LogP contribution in [-0.2, 0) is 20.5 Å². The molecule has 8 heteroatoms. The van der Waals surface area contributed by atoms with Crippen LogP contribution in [0.25, 0.3) is 0 Å². The Morgan fingerprint density at radius 2 is 1.79 bits per heavy atom. The van der Waals surface area contributed by atoms with Crippen LogP contribution in [0.1, 0.15) is 50.5 Å². The molecule has 29 heavy (non-hydrogen) atoms. The molecule has 1 amide bonds. The van der Waals surface area contributed by atoms with Gasteiger partial charge in [0.2, 0.25) is 0 Å². The molecule has 5 rings (SSSR count). The van der Waals surface area contributed by atoms with Crippen molar-refractivity contribution in [2.24, 2.45) is 17.3 Å². The van der Waals surface area contributed by atoms with Crippen molar-refractivity contribution in [2.45, 2.75) is 56.7 Å². The van der Waals surface area contributed by atoms with E-state index in [9.17, 15) is 27.9 Å². The second-order valence-corrected chi connectivity index (χ2v) is 9.11. The van der Waals surface area contributed by atoms with E-state index in [1.807, 2.05) is 0 Å². The summed E-state index contributed by atoms with van der Waals surface area (Å²) < 4.78 is 44.1. The minimum absolute atomic E-state index is 0.134.